The van der Waals surface area contributed by atoms with E-state index in [1.54, 1.807) is 0 Å². The van der Waals surface area contributed by atoms with Gasteiger partial charge in [-0.2, -0.15) is 0 Å². The number of likely N-dealkylation sites (N-methyl/N-ethyl adjacent to an activating group) is 2. The van der Waals surface area contributed by atoms with Crippen molar-refractivity contribution in [2.45, 2.75) is 0 Å². The highest BCUT2D eigenvalue weighted by Gasteiger charge is 2.18. The molecule has 0 aliphatic carbocycles. The molecule has 0 saturated heterocycles. The summed E-state index contributed by atoms with van der Waals surface area (Å²) >= 11 is 0. The average molecular weight is 165 g/mol. The zero-order chi connectivity index (χ0) is 8.55. The van der Waals surface area contributed by atoms with E-state index in [-0.39, 0.29) is 0 Å². The summed E-state index contributed by atoms with van der Waals surface area (Å²) in [5.74, 6) is 1.30. The van der Waals surface area contributed by atoms with Gasteiger partial charge in [-0.3, -0.25) is 4.90 Å². The standard InChI is InChI=1S/C9H15N3/c1-11-6-8-4-3-5-12(2)9(8)10-7-11/h3-4,10H,5-7H2,1-2H3. The van der Waals surface area contributed by atoms with Crippen LogP contribution in [0.1, 0.15) is 0 Å². The van der Waals surface area contributed by atoms with Crippen LogP contribution in [0.5, 0.6) is 0 Å². The Kier molecular flexibility index (Phi) is 1.81. The number of hydrogen-bond donors (Lipinski definition) is 1. The summed E-state index contributed by atoms with van der Waals surface area (Å²) in [6.07, 6.45) is 4.43. The predicted molar refractivity (Wildman–Crippen MR) is 49.4 cm³/mol. The highest BCUT2D eigenvalue weighted by Crippen LogP contribution is 2.16. The van der Waals surface area contributed by atoms with Crippen LogP contribution >= 0.6 is 0 Å². The molecule has 0 spiro atoms. The van der Waals surface area contributed by atoms with E-state index in [4.69, 9.17) is 0 Å². The predicted octanol–water partition coefficient (Wildman–Crippen LogP) is 0.192. The molecule has 0 saturated carbocycles. The molecule has 0 fully saturated rings. The van der Waals surface area contributed by atoms with Crippen LogP contribution in [0.2, 0.25) is 0 Å². The van der Waals surface area contributed by atoms with Crippen LogP contribution in [0.4, 0.5) is 0 Å². The SMILES string of the molecule is CN1CNC2=C(C=CCN2C)C1. The maximum Gasteiger partial charge on any atom is 0.107 e. The fraction of sp³-hybridized carbons (Fsp3) is 0.556. The summed E-state index contributed by atoms with van der Waals surface area (Å²) in [7, 11) is 4.25. The Morgan fingerprint density at radius 1 is 1.42 bits per heavy atom. The van der Waals surface area contributed by atoms with Gasteiger partial charge in [-0.1, -0.05) is 12.2 Å². The monoisotopic (exact) mass is 165 g/mol. The van der Waals surface area contributed by atoms with E-state index in [9.17, 15) is 0 Å². The molecule has 12 heavy (non-hydrogen) atoms. The minimum absolute atomic E-state index is 0.955. The van der Waals surface area contributed by atoms with Crippen molar-refractivity contribution in [1.82, 2.24) is 15.1 Å². The Balaban J connectivity index is 2.24. The van der Waals surface area contributed by atoms with Gasteiger partial charge in [0.25, 0.3) is 0 Å². The molecule has 0 unspecified atom stereocenters. The van der Waals surface area contributed by atoms with Gasteiger partial charge in [-0.15, -0.1) is 0 Å². The molecular formula is C9H15N3. The largest absolute Gasteiger partial charge is 0.359 e. The highest BCUT2D eigenvalue weighted by molar-refractivity contribution is 5.30. The topological polar surface area (TPSA) is 18.5 Å². The minimum atomic E-state index is 0.955. The van der Waals surface area contributed by atoms with Gasteiger partial charge in [-0.05, 0) is 7.05 Å². The van der Waals surface area contributed by atoms with Crippen LogP contribution in [0.15, 0.2) is 23.5 Å². The second-order valence-corrected chi connectivity index (χ2v) is 3.51. The maximum absolute atomic E-state index is 3.40. The first-order valence-electron chi connectivity index (χ1n) is 4.30. The van der Waals surface area contributed by atoms with Crippen molar-refractivity contribution in [1.29, 1.82) is 0 Å². The van der Waals surface area contributed by atoms with E-state index >= 15 is 0 Å². The summed E-state index contributed by atoms with van der Waals surface area (Å²) in [6, 6.07) is 0. The minimum Gasteiger partial charge on any atom is -0.359 e. The van der Waals surface area contributed by atoms with Gasteiger partial charge in [0.1, 0.15) is 5.82 Å². The molecule has 3 heteroatoms. The van der Waals surface area contributed by atoms with E-state index in [1.165, 1.54) is 11.4 Å². The molecule has 1 N–H and O–H groups in total. The Hall–Kier alpha value is -0.960. The van der Waals surface area contributed by atoms with Gasteiger partial charge in [0.2, 0.25) is 0 Å². The lowest BCUT2D eigenvalue weighted by molar-refractivity contribution is 0.279. The molecule has 0 amide bonds. The zero-order valence-electron chi connectivity index (χ0n) is 7.67. The number of rotatable bonds is 0. The van der Waals surface area contributed by atoms with E-state index in [0.29, 0.717) is 0 Å². The lowest BCUT2D eigenvalue weighted by Crippen LogP contribution is -2.44. The third-order valence-electron chi connectivity index (χ3n) is 2.34. The van der Waals surface area contributed by atoms with Gasteiger partial charge in [-0.25, -0.2) is 0 Å². The quantitative estimate of drug-likeness (QED) is 0.553. The molecular weight excluding hydrogens is 150 g/mol. The summed E-state index contributed by atoms with van der Waals surface area (Å²) in [6.45, 7) is 3.04. The molecule has 0 atom stereocenters. The van der Waals surface area contributed by atoms with Crippen LogP contribution in [0, 0.1) is 0 Å². The van der Waals surface area contributed by atoms with Gasteiger partial charge >= 0.3 is 0 Å². The van der Waals surface area contributed by atoms with Crippen molar-refractivity contribution in [3.8, 4) is 0 Å². The molecule has 0 bridgehead atoms. The second kappa shape index (κ2) is 2.83. The molecule has 2 heterocycles. The van der Waals surface area contributed by atoms with Crippen LogP contribution in [0.3, 0.4) is 0 Å². The Bertz CT molecular complexity index is 242. The molecule has 2 aliphatic rings. The lowest BCUT2D eigenvalue weighted by atomic mass is 10.1. The third-order valence-corrected chi connectivity index (χ3v) is 2.34. The lowest BCUT2D eigenvalue weighted by Gasteiger charge is -2.35. The summed E-state index contributed by atoms with van der Waals surface area (Å²) in [5, 5.41) is 3.40. The first-order valence-corrected chi connectivity index (χ1v) is 4.30. The molecule has 2 rings (SSSR count). The number of nitrogens with zero attached hydrogens (tertiary/aromatic N) is 2. The summed E-state index contributed by atoms with van der Waals surface area (Å²) in [5.41, 5.74) is 1.40. The Morgan fingerprint density at radius 2 is 2.25 bits per heavy atom. The molecule has 0 aromatic carbocycles. The van der Waals surface area contributed by atoms with Crippen LogP contribution < -0.4 is 5.32 Å². The van der Waals surface area contributed by atoms with Crippen molar-refractivity contribution in [3.05, 3.63) is 23.5 Å². The van der Waals surface area contributed by atoms with Crippen molar-refractivity contribution in [2.75, 3.05) is 33.9 Å². The van der Waals surface area contributed by atoms with E-state index in [1.807, 2.05) is 0 Å². The smallest absolute Gasteiger partial charge is 0.107 e. The fourth-order valence-electron chi connectivity index (χ4n) is 1.70. The average Bonchev–Trinajstić information content (AvgIpc) is 2.04. The van der Waals surface area contributed by atoms with E-state index in [0.717, 1.165) is 19.8 Å². The number of hydrogen-bond acceptors (Lipinski definition) is 3. The number of nitrogens with one attached hydrogen (secondary N) is 1. The van der Waals surface area contributed by atoms with Crippen LogP contribution in [-0.2, 0) is 0 Å². The van der Waals surface area contributed by atoms with E-state index < -0.39 is 0 Å². The summed E-state index contributed by atoms with van der Waals surface area (Å²) < 4.78 is 0. The Labute approximate surface area is 73.3 Å². The maximum atomic E-state index is 3.40. The van der Waals surface area contributed by atoms with Gasteiger partial charge in [0.15, 0.2) is 0 Å². The van der Waals surface area contributed by atoms with Crippen molar-refractivity contribution < 1.29 is 0 Å². The van der Waals surface area contributed by atoms with Gasteiger partial charge in [0.05, 0.1) is 6.67 Å². The van der Waals surface area contributed by atoms with Crippen molar-refractivity contribution in [3.63, 3.8) is 0 Å². The first kappa shape index (κ1) is 7.68. The highest BCUT2D eigenvalue weighted by atomic mass is 15.3. The molecule has 0 aromatic heterocycles. The second-order valence-electron chi connectivity index (χ2n) is 3.51. The molecule has 0 aromatic rings. The molecule has 2 aliphatic heterocycles. The van der Waals surface area contributed by atoms with Gasteiger partial charge < -0.3 is 10.2 Å². The third kappa shape index (κ3) is 1.20. The van der Waals surface area contributed by atoms with Crippen LogP contribution in [0.25, 0.3) is 0 Å². The zero-order valence-corrected chi connectivity index (χ0v) is 7.67. The normalized spacial score (nSPS) is 24.0. The molecule has 66 valence electrons. The Morgan fingerprint density at radius 3 is 3.08 bits per heavy atom. The molecule has 3 nitrogen and oxygen atoms in total. The molecule has 0 radical (unpaired) electrons. The first-order chi connectivity index (χ1) is 5.77. The van der Waals surface area contributed by atoms with E-state index in [2.05, 4.69) is 41.4 Å². The summed E-state index contributed by atoms with van der Waals surface area (Å²) in [4.78, 5) is 4.52. The van der Waals surface area contributed by atoms with Gasteiger partial charge in [0, 0.05) is 25.7 Å². The van der Waals surface area contributed by atoms with Crippen LogP contribution in [-0.4, -0.2) is 43.7 Å². The van der Waals surface area contributed by atoms with Crippen molar-refractivity contribution >= 4 is 0 Å². The fourth-order valence-corrected chi connectivity index (χ4v) is 1.70. The van der Waals surface area contributed by atoms with Crippen molar-refractivity contribution in [2.24, 2.45) is 0 Å².